The molecule has 35 heavy (non-hydrogen) atoms. The van der Waals surface area contributed by atoms with Crippen molar-refractivity contribution >= 4 is 33.3 Å². The molecule has 1 aliphatic heterocycles. The van der Waals surface area contributed by atoms with Crippen LogP contribution in [0.25, 0.3) is 11.0 Å². The third kappa shape index (κ3) is 4.08. The predicted molar refractivity (Wildman–Crippen MR) is 136 cm³/mol. The summed E-state index contributed by atoms with van der Waals surface area (Å²) >= 11 is 1.33. The summed E-state index contributed by atoms with van der Waals surface area (Å²) in [4.78, 5) is 33.2. The molecular formula is C27H26N2O5S. The second-order valence-corrected chi connectivity index (χ2v) is 9.88. The third-order valence-corrected chi connectivity index (χ3v) is 6.88. The highest BCUT2D eigenvalue weighted by molar-refractivity contribution is 7.13. The monoisotopic (exact) mass is 490 g/mol. The molecule has 0 radical (unpaired) electrons. The van der Waals surface area contributed by atoms with Crippen LogP contribution in [-0.2, 0) is 0 Å². The fourth-order valence-electron chi connectivity index (χ4n) is 4.31. The van der Waals surface area contributed by atoms with Crippen LogP contribution in [0.15, 0.2) is 57.2 Å². The molecule has 1 atom stereocenters. The zero-order chi connectivity index (χ0) is 24.7. The highest BCUT2D eigenvalue weighted by Gasteiger charge is 2.45. The molecule has 3 heterocycles. The number of hydrogen-bond donors (Lipinski definition) is 0. The molecule has 0 fully saturated rings. The minimum absolute atomic E-state index is 0.0442. The van der Waals surface area contributed by atoms with Crippen molar-refractivity contribution in [2.75, 3.05) is 18.6 Å². The second kappa shape index (κ2) is 9.19. The van der Waals surface area contributed by atoms with Gasteiger partial charge in [0.15, 0.2) is 22.1 Å². The minimum atomic E-state index is -0.705. The molecule has 0 bridgehead atoms. The van der Waals surface area contributed by atoms with Gasteiger partial charge in [0.25, 0.3) is 5.91 Å². The minimum Gasteiger partial charge on any atom is -0.493 e. The van der Waals surface area contributed by atoms with Gasteiger partial charge in [-0.15, -0.1) is 11.3 Å². The maximum atomic E-state index is 13.7. The summed E-state index contributed by atoms with van der Waals surface area (Å²) < 4.78 is 17.6. The van der Waals surface area contributed by atoms with Crippen molar-refractivity contribution in [1.82, 2.24) is 4.98 Å². The number of amides is 1. The van der Waals surface area contributed by atoms with Crippen LogP contribution in [0.4, 0.5) is 5.13 Å². The molecular weight excluding hydrogens is 464 g/mol. The smallest absolute Gasteiger partial charge is 0.297 e. The number of carbonyl (C=O) groups is 1. The first-order valence-electron chi connectivity index (χ1n) is 11.5. The molecule has 1 amide bonds. The Bertz CT molecular complexity index is 1460. The molecule has 5 rings (SSSR count). The van der Waals surface area contributed by atoms with Gasteiger partial charge in [0.2, 0.25) is 5.76 Å². The highest BCUT2D eigenvalue weighted by Crippen LogP contribution is 2.43. The number of aromatic nitrogens is 1. The van der Waals surface area contributed by atoms with E-state index in [9.17, 15) is 9.59 Å². The molecule has 0 saturated carbocycles. The van der Waals surface area contributed by atoms with Gasteiger partial charge in [-0.3, -0.25) is 14.5 Å². The number of hydrogen-bond acceptors (Lipinski definition) is 7. The Morgan fingerprint density at radius 3 is 2.69 bits per heavy atom. The summed E-state index contributed by atoms with van der Waals surface area (Å²) in [6.45, 7) is 6.77. The van der Waals surface area contributed by atoms with Crippen LogP contribution < -0.4 is 19.8 Å². The van der Waals surface area contributed by atoms with E-state index < -0.39 is 11.9 Å². The van der Waals surface area contributed by atoms with Crippen molar-refractivity contribution in [3.63, 3.8) is 0 Å². The van der Waals surface area contributed by atoms with E-state index in [1.165, 1.54) is 16.2 Å². The Kier molecular flexibility index (Phi) is 6.06. The number of benzene rings is 2. The third-order valence-electron chi connectivity index (χ3n) is 6.11. The molecule has 8 heteroatoms. The first-order chi connectivity index (χ1) is 16.9. The van der Waals surface area contributed by atoms with E-state index in [0.717, 1.165) is 12.0 Å². The maximum absolute atomic E-state index is 13.7. The van der Waals surface area contributed by atoms with Gasteiger partial charge in [0.05, 0.1) is 30.7 Å². The number of ether oxygens (including phenoxy) is 2. The van der Waals surface area contributed by atoms with Crippen molar-refractivity contribution in [2.45, 2.75) is 33.2 Å². The molecule has 0 spiro atoms. The van der Waals surface area contributed by atoms with Crippen LogP contribution in [0.2, 0.25) is 0 Å². The largest absolute Gasteiger partial charge is 0.493 e. The topological polar surface area (TPSA) is 81.9 Å². The van der Waals surface area contributed by atoms with Gasteiger partial charge in [-0.25, -0.2) is 4.98 Å². The Morgan fingerprint density at radius 2 is 1.97 bits per heavy atom. The Labute approximate surface area is 206 Å². The van der Waals surface area contributed by atoms with Gasteiger partial charge in [-0.2, -0.15) is 0 Å². The summed E-state index contributed by atoms with van der Waals surface area (Å²) in [6.07, 6.45) is 2.55. The Morgan fingerprint density at radius 1 is 1.14 bits per heavy atom. The molecule has 180 valence electrons. The number of anilines is 1. The van der Waals surface area contributed by atoms with Crippen molar-refractivity contribution in [3.05, 3.63) is 80.6 Å². The molecule has 1 aliphatic rings. The van der Waals surface area contributed by atoms with Gasteiger partial charge in [0, 0.05) is 11.6 Å². The van der Waals surface area contributed by atoms with E-state index >= 15 is 0 Å². The van der Waals surface area contributed by atoms with Crippen LogP contribution in [0.3, 0.4) is 0 Å². The lowest BCUT2D eigenvalue weighted by molar-refractivity contribution is 0.0971. The number of fused-ring (bicyclic) bond motifs is 2. The van der Waals surface area contributed by atoms with Crippen LogP contribution >= 0.6 is 11.3 Å². The van der Waals surface area contributed by atoms with Crippen molar-refractivity contribution < 1.29 is 18.7 Å². The van der Waals surface area contributed by atoms with Gasteiger partial charge >= 0.3 is 0 Å². The lowest BCUT2D eigenvalue weighted by atomic mass is 9.98. The van der Waals surface area contributed by atoms with Crippen LogP contribution in [0.5, 0.6) is 11.5 Å². The number of carbonyl (C=O) groups excluding carboxylic acids is 1. The Hall–Kier alpha value is -3.65. The summed E-state index contributed by atoms with van der Waals surface area (Å²) in [5.74, 6) is 1.32. The standard InChI is InChI=1S/C27H26N2O5S/c1-15(2)9-11-33-20-8-6-17(14-21(20)32-4)23-22-24(30)18-13-16(3)5-7-19(18)34-25(22)26(31)29(23)27-28-10-12-35-27/h5-8,10,12-15,23H,9,11H2,1-4H3. The average molecular weight is 491 g/mol. The van der Waals surface area contributed by atoms with E-state index in [-0.39, 0.29) is 11.2 Å². The number of methoxy groups -OCH3 is 1. The van der Waals surface area contributed by atoms with Gasteiger partial charge < -0.3 is 13.9 Å². The number of rotatable bonds is 7. The van der Waals surface area contributed by atoms with Crippen molar-refractivity contribution in [3.8, 4) is 11.5 Å². The van der Waals surface area contributed by atoms with E-state index in [4.69, 9.17) is 13.9 Å². The van der Waals surface area contributed by atoms with Gasteiger partial charge in [-0.05, 0) is 49.1 Å². The summed E-state index contributed by atoms with van der Waals surface area (Å²) in [5, 5.41) is 2.73. The fourth-order valence-corrected chi connectivity index (χ4v) is 4.98. The van der Waals surface area contributed by atoms with Crippen molar-refractivity contribution in [2.24, 2.45) is 5.92 Å². The molecule has 0 saturated heterocycles. The van der Waals surface area contributed by atoms with E-state index in [1.807, 2.05) is 31.2 Å². The zero-order valence-electron chi connectivity index (χ0n) is 20.0. The van der Waals surface area contributed by atoms with Gasteiger partial charge in [-0.1, -0.05) is 31.5 Å². The predicted octanol–water partition coefficient (Wildman–Crippen LogP) is 5.74. The van der Waals surface area contributed by atoms with E-state index in [1.54, 1.807) is 30.8 Å². The number of aryl methyl sites for hydroxylation is 1. The molecule has 4 aromatic rings. The zero-order valence-corrected chi connectivity index (χ0v) is 20.8. The highest BCUT2D eigenvalue weighted by atomic mass is 32.1. The van der Waals surface area contributed by atoms with E-state index in [0.29, 0.717) is 51.3 Å². The lowest BCUT2D eigenvalue weighted by Crippen LogP contribution is -2.29. The van der Waals surface area contributed by atoms with Gasteiger partial charge in [0.1, 0.15) is 5.58 Å². The maximum Gasteiger partial charge on any atom is 0.297 e. The van der Waals surface area contributed by atoms with Crippen LogP contribution in [0.1, 0.15) is 53.6 Å². The van der Waals surface area contributed by atoms with Crippen molar-refractivity contribution in [1.29, 1.82) is 0 Å². The van der Waals surface area contributed by atoms with Crippen LogP contribution in [0, 0.1) is 12.8 Å². The summed E-state index contributed by atoms with van der Waals surface area (Å²) in [7, 11) is 1.57. The molecule has 0 N–H and O–H groups in total. The molecule has 7 nitrogen and oxygen atoms in total. The first-order valence-corrected chi connectivity index (χ1v) is 12.4. The first kappa shape index (κ1) is 23.1. The SMILES string of the molecule is COc1cc(C2c3c(oc4ccc(C)cc4c3=O)C(=O)N2c2nccs2)ccc1OCCC(C)C. The quantitative estimate of drug-likeness (QED) is 0.329. The summed E-state index contributed by atoms with van der Waals surface area (Å²) in [6, 6.07) is 10.2. The summed E-state index contributed by atoms with van der Waals surface area (Å²) in [5.41, 5.74) is 2.11. The Balaban J connectivity index is 1.67. The number of nitrogens with zero attached hydrogens (tertiary/aromatic N) is 2. The average Bonchev–Trinajstić information content (AvgIpc) is 3.46. The van der Waals surface area contributed by atoms with E-state index in [2.05, 4.69) is 18.8 Å². The molecule has 1 unspecified atom stereocenters. The van der Waals surface area contributed by atoms with Crippen LogP contribution in [-0.4, -0.2) is 24.6 Å². The lowest BCUT2D eigenvalue weighted by Gasteiger charge is -2.23. The molecule has 0 aliphatic carbocycles. The molecule has 2 aromatic heterocycles. The molecule has 2 aromatic carbocycles. The number of thiazole rings is 1. The normalized spacial score (nSPS) is 15.2. The fraction of sp³-hybridized carbons (Fsp3) is 0.296. The second-order valence-electron chi connectivity index (χ2n) is 9.01.